The molecule has 0 N–H and O–H groups in total. The van der Waals surface area contributed by atoms with Crippen LogP contribution in [0.4, 0.5) is 0 Å². The lowest BCUT2D eigenvalue weighted by molar-refractivity contribution is 0.327. The highest BCUT2D eigenvalue weighted by Crippen LogP contribution is 2.41. The highest BCUT2D eigenvalue weighted by molar-refractivity contribution is 5.66. The minimum Gasteiger partial charge on any atom is -0.299 e. The summed E-state index contributed by atoms with van der Waals surface area (Å²) >= 11 is 0. The third-order valence-corrected chi connectivity index (χ3v) is 6.81. The molecule has 2 nitrogen and oxygen atoms in total. The third kappa shape index (κ3) is 5.29. The number of rotatable bonds is 6. The van der Waals surface area contributed by atoms with E-state index in [0.717, 1.165) is 12.2 Å². The molecule has 3 rings (SSSR count). The Kier molecular flexibility index (Phi) is 8.68. The second-order valence-electron chi connectivity index (χ2n) is 9.34. The Morgan fingerprint density at radius 2 is 1.52 bits per heavy atom. The maximum Gasteiger partial charge on any atom is 0.144 e. The molecule has 2 aromatic carbocycles. The van der Waals surface area contributed by atoms with Crippen LogP contribution in [0.1, 0.15) is 83.1 Å². The standard InChI is InChI=1S/C25H32N2.C4H10/c1-8-25(7,17(2)3)22-12-10-9-11-21(22)24-26-13-14-27(24)23-19(5)15-18(4)16-20(23)6;1-3-4-2/h9-17H,8H2,1-7H3;3-4H2,1-2H3. The van der Waals surface area contributed by atoms with Crippen molar-refractivity contribution >= 4 is 0 Å². The molecule has 168 valence electrons. The number of unbranched alkanes of at least 4 members (excludes halogenated alkanes) is 1. The van der Waals surface area contributed by atoms with E-state index < -0.39 is 0 Å². The first-order valence-corrected chi connectivity index (χ1v) is 11.9. The normalized spacial score (nSPS) is 13.0. The Morgan fingerprint density at radius 3 is 2.03 bits per heavy atom. The average molecular weight is 419 g/mol. The summed E-state index contributed by atoms with van der Waals surface area (Å²) in [4.78, 5) is 4.80. The summed E-state index contributed by atoms with van der Waals surface area (Å²) in [6, 6.07) is 13.3. The van der Waals surface area contributed by atoms with Gasteiger partial charge in [0, 0.05) is 18.0 Å². The molecule has 0 aliphatic rings. The van der Waals surface area contributed by atoms with Crippen LogP contribution in [0.5, 0.6) is 0 Å². The topological polar surface area (TPSA) is 17.8 Å². The van der Waals surface area contributed by atoms with Crippen molar-refractivity contribution < 1.29 is 0 Å². The Balaban J connectivity index is 0.000000785. The lowest BCUT2D eigenvalue weighted by Gasteiger charge is -2.35. The molecule has 0 aliphatic heterocycles. The minimum atomic E-state index is 0.116. The molecular formula is C29H42N2. The van der Waals surface area contributed by atoms with Gasteiger partial charge >= 0.3 is 0 Å². The summed E-state index contributed by atoms with van der Waals surface area (Å²) in [6.07, 6.45) is 7.75. The quantitative estimate of drug-likeness (QED) is 0.392. The van der Waals surface area contributed by atoms with Gasteiger partial charge in [0.1, 0.15) is 5.82 Å². The van der Waals surface area contributed by atoms with Crippen molar-refractivity contribution in [3.8, 4) is 17.1 Å². The number of aryl methyl sites for hydroxylation is 3. The van der Waals surface area contributed by atoms with Gasteiger partial charge in [0.25, 0.3) is 0 Å². The van der Waals surface area contributed by atoms with Gasteiger partial charge in [-0.2, -0.15) is 0 Å². The molecule has 0 bridgehead atoms. The summed E-state index contributed by atoms with van der Waals surface area (Å²) in [6.45, 7) is 20.2. The average Bonchev–Trinajstić information content (AvgIpc) is 3.21. The van der Waals surface area contributed by atoms with Crippen LogP contribution in [0.15, 0.2) is 48.8 Å². The van der Waals surface area contributed by atoms with E-state index in [2.05, 4.69) is 109 Å². The highest BCUT2D eigenvalue weighted by Gasteiger charge is 2.31. The molecule has 1 atom stereocenters. The smallest absolute Gasteiger partial charge is 0.144 e. The van der Waals surface area contributed by atoms with Gasteiger partial charge in [-0.25, -0.2) is 4.98 Å². The van der Waals surface area contributed by atoms with Crippen LogP contribution in [-0.2, 0) is 5.41 Å². The summed E-state index contributed by atoms with van der Waals surface area (Å²) in [5.41, 5.74) is 7.85. The predicted molar refractivity (Wildman–Crippen MR) is 136 cm³/mol. The van der Waals surface area contributed by atoms with Crippen molar-refractivity contribution in [2.24, 2.45) is 5.92 Å². The van der Waals surface area contributed by atoms with Gasteiger partial charge in [-0.05, 0) is 55.2 Å². The second-order valence-corrected chi connectivity index (χ2v) is 9.34. The van der Waals surface area contributed by atoms with Crippen molar-refractivity contribution in [1.82, 2.24) is 9.55 Å². The van der Waals surface area contributed by atoms with E-state index >= 15 is 0 Å². The predicted octanol–water partition coefficient (Wildman–Crippen LogP) is 8.59. The highest BCUT2D eigenvalue weighted by atomic mass is 15.1. The molecule has 0 amide bonds. The van der Waals surface area contributed by atoms with Crippen molar-refractivity contribution in [2.75, 3.05) is 0 Å². The molecule has 0 saturated heterocycles. The second kappa shape index (κ2) is 10.8. The lowest BCUT2D eigenvalue weighted by Crippen LogP contribution is -2.28. The van der Waals surface area contributed by atoms with Crippen LogP contribution in [0.3, 0.4) is 0 Å². The zero-order valence-electron chi connectivity index (χ0n) is 21.2. The van der Waals surface area contributed by atoms with Crippen LogP contribution in [0.25, 0.3) is 17.1 Å². The van der Waals surface area contributed by atoms with Gasteiger partial charge in [-0.3, -0.25) is 4.57 Å². The van der Waals surface area contributed by atoms with Gasteiger partial charge in [-0.15, -0.1) is 0 Å². The van der Waals surface area contributed by atoms with Crippen LogP contribution in [0.2, 0.25) is 0 Å². The first kappa shape index (κ1) is 24.9. The SMILES string of the molecule is CCC(C)(c1ccccc1-c1nccn1-c1c(C)cc(C)cc1C)C(C)C.CCCC. The summed E-state index contributed by atoms with van der Waals surface area (Å²) in [5.74, 6) is 1.58. The Labute approximate surface area is 190 Å². The molecular weight excluding hydrogens is 376 g/mol. The van der Waals surface area contributed by atoms with Gasteiger partial charge in [0.05, 0.1) is 5.69 Å². The monoisotopic (exact) mass is 418 g/mol. The number of aromatic nitrogens is 2. The van der Waals surface area contributed by atoms with E-state index in [0.29, 0.717) is 5.92 Å². The fourth-order valence-corrected chi connectivity index (χ4v) is 4.32. The Bertz CT molecular complexity index is 955. The molecule has 0 fully saturated rings. The van der Waals surface area contributed by atoms with Crippen LogP contribution < -0.4 is 0 Å². The molecule has 0 aliphatic carbocycles. The molecule has 2 heteroatoms. The molecule has 3 aromatic rings. The third-order valence-electron chi connectivity index (χ3n) is 6.81. The van der Waals surface area contributed by atoms with Crippen molar-refractivity contribution in [3.05, 3.63) is 71.0 Å². The zero-order chi connectivity index (χ0) is 23.2. The molecule has 1 heterocycles. The van der Waals surface area contributed by atoms with Gasteiger partial charge in [0.15, 0.2) is 0 Å². The van der Waals surface area contributed by atoms with E-state index in [-0.39, 0.29) is 5.41 Å². The van der Waals surface area contributed by atoms with Crippen molar-refractivity contribution in [3.63, 3.8) is 0 Å². The largest absolute Gasteiger partial charge is 0.299 e. The number of hydrogen-bond acceptors (Lipinski definition) is 1. The summed E-state index contributed by atoms with van der Waals surface area (Å²) in [5, 5.41) is 0. The number of hydrogen-bond donors (Lipinski definition) is 0. The Hall–Kier alpha value is -2.35. The van der Waals surface area contributed by atoms with Gasteiger partial charge < -0.3 is 0 Å². The Morgan fingerprint density at radius 1 is 0.935 bits per heavy atom. The summed E-state index contributed by atoms with van der Waals surface area (Å²) in [7, 11) is 0. The fourth-order valence-electron chi connectivity index (χ4n) is 4.32. The van der Waals surface area contributed by atoms with Crippen molar-refractivity contribution in [2.45, 2.75) is 87.0 Å². The molecule has 1 unspecified atom stereocenters. The van der Waals surface area contributed by atoms with Crippen molar-refractivity contribution in [1.29, 1.82) is 0 Å². The maximum absolute atomic E-state index is 4.80. The first-order valence-electron chi connectivity index (χ1n) is 11.9. The molecule has 0 spiro atoms. The van der Waals surface area contributed by atoms with E-state index in [4.69, 9.17) is 4.98 Å². The summed E-state index contributed by atoms with van der Waals surface area (Å²) < 4.78 is 2.26. The molecule has 31 heavy (non-hydrogen) atoms. The van der Waals surface area contributed by atoms with E-state index in [9.17, 15) is 0 Å². The molecule has 0 saturated carbocycles. The van der Waals surface area contributed by atoms with Gasteiger partial charge in [0.2, 0.25) is 0 Å². The van der Waals surface area contributed by atoms with Gasteiger partial charge in [-0.1, -0.05) is 96.3 Å². The maximum atomic E-state index is 4.80. The number of imidazole rings is 1. The molecule has 1 aromatic heterocycles. The van der Waals surface area contributed by atoms with Crippen LogP contribution >= 0.6 is 0 Å². The fraction of sp³-hybridized carbons (Fsp3) is 0.483. The first-order chi connectivity index (χ1) is 14.7. The number of benzene rings is 2. The van der Waals surface area contributed by atoms with E-state index in [1.807, 2.05) is 6.20 Å². The van der Waals surface area contributed by atoms with Crippen LogP contribution in [-0.4, -0.2) is 9.55 Å². The zero-order valence-corrected chi connectivity index (χ0v) is 21.2. The number of nitrogens with zero attached hydrogens (tertiary/aromatic N) is 2. The minimum absolute atomic E-state index is 0.116. The lowest BCUT2D eigenvalue weighted by atomic mass is 9.70. The van der Waals surface area contributed by atoms with Crippen LogP contribution in [0, 0.1) is 26.7 Å². The van der Waals surface area contributed by atoms with E-state index in [1.54, 1.807) is 0 Å². The molecule has 0 radical (unpaired) electrons. The van der Waals surface area contributed by atoms with E-state index in [1.165, 1.54) is 46.3 Å².